The van der Waals surface area contributed by atoms with E-state index in [4.69, 9.17) is 17.3 Å². The number of carbonyl (C=O) groups is 2. The highest BCUT2D eigenvalue weighted by molar-refractivity contribution is 7.91. The molecule has 0 spiro atoms. The number of hydrogen-bond donors (Lipinski definition) is 2. The molecule has 1 heterocycles. The first-order chi connectivity index (χ1) is 15.2. The molecule has 33 heavy (non-hydrogen) atoms. The molecule has 0 unspecified atom stereocenters. The van der Waals surface area contributed by atoms with E-state index in [1.165, 1.54) is 12.1 Å². The molecule has 0 aromatic heterocycles. The zero-order chi connectivity index (χ0) is 24.7. The van der Waals surface area contributed by atoms with Crippen molar-refractivity contribution in [2.75, 3.05) is 10.7 Å². The molecule has 0 aliphatic carbocycles. The standard InChI is InChI=1S/C20H18ClF4N3O4S/c1-10(20(23,24)25)27-18(29)13-6-16-17(7-14(13)22)33(31,32)9-15(26)19(30)28(16)8-11-2-4-12(21)5-3-11/h2-7,10,15H,8-9,26H2,1H3,(H,27,29)/t10-,15-/m0/s1. The molecule has 13 heteroatoms. The Bertz CT molecular complexity index is 1200. The van der Waals surface area contributed by atoms with E-state index in [-0.39, 0.29) is 12.2 Å². The summed E-state index contributed by atoms with van der Waals surface area (Å²) in [7, 11) is -4.26. The Labute approximate surface area is 191 Å². The van der Waals surface area contributed by atoms with Gasteiger partial charge in [-0.25, -0.2) is 12.8 Å². The largest absolute Gasteiger partial charge is 0.408 e. The number of carbonyl (C=O) groups excluding carboxylic acids is 2. The predicted octanol–water partition coefficient (Wildman–Crippen LogP) is 2.81. The number of hydrogen-bond acceptors (Lipinski definition) is 5. The zero-order valence-corrected chi connectivity index (χ0v) is 18.6. The van der Waals surface area contributed by atoms with Crippen LogP contribution < -0.4 is 16.0 Å². The van der Waals surface area contributed by atoms with Crippen molar-refractivity contribution >= 4 is 38.9 Å². The molecule has 2 aromatic rings. The van der Waals surface area contributed by atoms with Crippen molar-refractivity contribution in [3.63, 3.8) is 0 Å². The van der Waals surface area contributed by atoms with Gasteiger partial charge < -0.3 is 16.0 Å². The number of sulfone groups is 1. The van der Waals surface area contributed by atoms with Crippen LogP contribution in [0.2, 0.25) is 5.02 Å². The van der Waals surface area contributed by atoms with Gasteiger partial charge in [0.15, 0.2) is 9.84 Å². The molecule has 1 aliphatic rings. The Morgan fingerprint density at radius 1 is 1.27 bits per heavy atom. The summed E-state index contributed by atoms with van der Waals surface area (Å²) in [6.45, 7) is 0.455. The van der Waals surface area contributed by atoms with Crippen LogP contribution in [0.3, 0.4) is 0 Å². The van der Waals surface area contributed by atoms with Crippen LogP contribution >= 0.6 is 11.6 Å². The molecule has 0 fully saturated rings. The van der Waals surface area contributed by atoms with E-state index in [1.807, 2.05) is 0 Å². The van der Waals surface area contributed by atoms with Crippen LogP contribution in [0.25, 0.3) is 0 Å². The third-order valence-corrected chi connectivity index (χ3v) is 7.04. The second-order valence-electron chi connectivity index (χ2n) is 7.48. The summed E-state index contributed by atoms with van der Waals surface area (Å²) in [5, 5.41) is 2.02. The summed E-state index contributed by atoms with van der Waals surface area (Å²) in [6.07, 6.45) is -4.79. The summed E-state index contributed by atoms with van der Waals surface area (Å²) < 4.78 is 78.6. The number of benzene rings is 2. The smallest absolute Gasteiger partial charge is 0.340 e. The van der Waals surface area contributed by atoms with Crippen LogP contribution in [0, 0.1) is 5.82 Å². The van der Waals surface area contributed by atoms with Crippen LogP contribution in [0.15, 0.2) is 41.3 Å². The monoisotopic (exact) mass is 507 g/mol. The number of anilines is 1. The molecule has 0 saturated carbocycles. The third-order valence-electron chi connectivity index (χ3n) is 4.99. The second-order valence-corrected chi connectivity index (χ2v) is 9.91. The van der Waals surface area contributed by atoms with E-state index in [2.05, 4.69) is 0 Å². The van der Waals surface area contributed by atoms with Crippen molar-refractivity contribution < 1.29 is 35.6 Å². The van der Waals surface area contributed by atoms with Crippen molar-refractivity contribution in [1.82, 2.24) is 5.32 Å². The number of amides is 2. The molecular weight excluding hydrogens is 490 g/mol. The van der Waals surface area contributed by atoms with Crippen molar-refractivity contribution in [3.8, 4) is 0 Å². The lowest BCUT2D eigenvalue weighted by atomic mass is 10.1. The van der Waals surface area contributed by atoms with Crippen LogP contribution in [0.5, 0.6) is 0 Å². The highest BCUT2D eigenvalue weighted by Crippen LogP contribution is 2.34. The van der Waals surface area contributed by atoms with Crippen LogP contribution in [0.1, 0.15) is 22.8 Å². The minimum atomic E-state index is -4.79. The van der Waals surface area contributed by atoms with Gasteiger partial charge in [0.05, 0.1) is 34.5 Å². The maximum absolute atomic E-state index is 14.7. The number of nitrogens with one attached hydrogen (secondary N) is 1. The molecule has 0 saturated heterocycles. The van der Waals surface area contributed by atoms with Gasteiger partial charge in [-0.15, -0.1) is 0 Å². The van der Waals surface area contributed by atoms with E-state index in [9.17, 15) is 35.6 Å². The minimum absolute atomic E-state index is 0.210. The number of alkyl halides is 3. The number of nitrogens with two attached hydrogens (primary N) is 1. The number of halogens is 5. The topological polar surface area (TPSA) is 110 Å². The summed E-state index contributed by atoms with van der Waals surface area (Å²) in [5.41, 5.74) is 5.04. The van der Waals surface area contributed by atoms with E-state index in [0.717, 1.165) is 11.0 Å². The fourth-order valence-corrected chi connectivity index (χ4v) is 4.88. The highest BCUT2D eigenvalue weighted by atomic mass is 35.5. The lowest BCUT2D eigenvalue weighted by Crippen LogP contribution is -2.45. The molecule has 3 rings (SSSR count). The van der Waals surface area contributed by atoms with Gasteiger partial charge in [-0.2, -0.15) is 13.2 Å². The van der Waals surface area contributed by atoms with Gasteiger partial charge in [0.1, 0.15) is 11.9 Å². The van der Waals surface area contributed by atoms with Gasteiger partial charge in [0, 0.05) is 5.02 Å². The van der Waals surface area contributed by atoms with Crippen LogP contribution in [-0.4, -0.2) is 44.2 Å². The van der Waals surface area contributed by atoms with Gasteiger partial charge in [0.2, 0.25) is 5.91 Å². The first-order valence-electron chi connectivity index (χ1n) is 9.46. The van der Waals surface area contributed by atoms with Gasteiger partial charge in [-0.3, -0.25) is 9.59 Å². The van der Waals surface area contributed by atoms with Crippen LogP contribution in [-0.2, 0) is 21.2 Å². The lowest BCUT2D eigenvalue weighted by Gasteiger charge is -2.25. The Morgan fingerprint density at radius 3 is 2.45 bits per heavy atom. The Kier molecular flexibility index (Phi) is 6.74. The number of fused-ring (bicyclic) bond motifs is 1. The maximum atomic E-state index is 14.7. The first-order valence-corrected chi connectivity index (χ1v) is 11.5. The maximum Gasteiger partial charge on any atom is 0.408 e. The average molecular weight is 508 g/mol. The third kappa shape index (κ3) is 5.28. The molecule has 2 aromatic carbocycles. The quantitative estimate of drug-likeness (QED) is 0.618. The van der Waals surface area contributed by atoms with Gasteiger partial charge in [-0.1, -0.05) is 23.7 Å². The summed E-state index contributed by atoms with van der Waals surface area (Å²) >= 11 is 5.85. The molecular formula is C20H18ClF4N3O4S. The minimum Gasteiger partial charge on any atom is -0.340 e. The van der Waals surface area contributed by atoms with Crippen molar-refractivity contribution in [2.45, 2.75) is 36.6 Å². The molecule has 178 valence electrons. The molecule has 2 atom stereocenters. The molecule has 0 bridgehead atoms. The molecule has 3 N–H and O–H groups in total. The molecule has 0 radical (unpaired) electrons. The summed E-state index contributed by atoms with van der Waals surface area (Å²) in [4.78, 5) is 25.6. The fraction of sp³-hybridized carbons (Fsp3) is 0.300. The SMILES string of the molecule is C[C@H](NC(=O)c1cc2c(cc1F)S(=O)(=O)C[C@H](N)C(=O)N2Cc1ccc(Cl)cc1)C(F)(F)F. The van der Waals surface area contributed by atoms with E-state index >= 15 is 0 Å². The van der Waals surface area contributed by atoms with E-state index in [0.29, 0.717) is 23.6 Å². The first kappa shape index (κ1) is 24.9. The van der Waals surface area contributed by atoms with E-state index in [1.54, 1.807) is 17.4 Å². The predicted molar refractivity (Wildman–Crippen MR) is 112 cm³/mol. The summed E-state index contributed by atoms with van der Waals surface area (Å²) in [5.74, 6) is -4.43. The number of rotatable bonds is 4. The van der Waals surface area contributed by atoms with Crippen molar-refractivity contribution in [1.29, 1.82) is 0 Å². The fourth-order valence-electron chi connectivity index (χ4n) is 3.19. The Morgan fingerprint density at radius 2 is 1.88 bits per heavy atom. The molecule has 2 amide bonds. The normalized spacial score (nSPS) is 18.9. The zero-order valence-electron chi connectivity index (χ0n) is 17.0. The molecule has 7 nitrogen and oxygen atoms in total. The lowest BCUT2D eigenvalue weighted by molar-refractivity contribution is -0.149. The van der Waals surface area contributed by atoms with Gasteiger partial charge >= 0.3 is 6.18 Å². The van der Waals surface area contributed by atoms with Crippen molar-refractivity contribution in [3.05, 3.63) is 58.4 Å². The number of nitrogens with zero attached hydrogens (tertiary/aromatic N) is 1. The van der Waals surface area contributed by atoms with Crippen molar-refractivity contribution in [2.24, 2.45) is 5.73 Å². The van der Waals surface area contributed by atoms with Gasteiger partial charge in [0.25, 0.3) is 5.91 Å². The Balaban J connectivity index is 2.13. The summed E-state index contributed by atoms with van der Waals surface area (Å²) in [6, 6.07) is 3.64. The highest BCUT2D eigenvalue weighted by Gasteiger charge is 2.39. The second kappa shape index (κ2) is 8.92. The van der Waals surface area contributed by atoms with Crippen LogP contribution in [0.4, 0.5) is 23.2 Å². The van der Waals surface area contributed by atoms with Gasteiger partial charge in [-0.05, 0) is 36.8 Å². The van der Waals surface area contributed by atoms with E-state index < -0.39 is 61.9 Å². The molecule has 1 aliphatic heterocycles. The Hall–Kier alpha value is -2.70. The average Bonchev–Trinajstić information content (AvgIpc) is 2.77.